The third kappa shape index (κ3) is 2.38. The first-order valence-electron chi connectivity index (χ1n) is 5.18. The van der Waals surface area contributed by atoms with Crippen LogP contribution < -0.4 is 4.74 Å². The first kappa shape index (κ1) is 11.5. The molecule has 1 aliphatic heterocycles. The first-order chi connectivity index (χ1) is 7.70. The van der Waals surface area contributed by atoms with E-state index in [4.69, 9.17) is 9.47 Å². The molecule has 1 aromatic carbocycles. The largest absolute Gasteiger partial charge is 0.497 e. The number of ether oxygens (including phenoxy) is 2. The molecule has 1 fully saturated rings. The topological polar surface area (TPSA) is 35.5 Å². The van der Waals surface area contributed by atoms with Gasteiger partial charge in [-0.1, -0.05) is 28.1 Å². The van der Waals surface area contributed by atoms with E-state index in [0.717, 1.165) is 17.7 Å². The minimum Gasteiger partial charge on any atom is -0.497 e. The second-order valence-corrected chi connectivity index (χ2v) is 4.92. The Hall–Kier alpha value is -1.03. The highest BCUT2D eigenvalue weighted by molar-refractivity contribution is 9.09. The predicted molar refractivity (Wildman–Crippen MR) is 63.8 cm³/mol. The average Bonchev–Trinajstić information content (AvgIpc) is 2.32. The van der Waals surface area contributed by atoms with Gasteiger partial charge < -0.3 is 9.47 Å². The first-order valence-corrected chi connectivity index (χ1v) is 6.10. The second-order valence-electron chi connectivity index (χ2n) is 3.74. The Morgan fingerprint density at radius 1 is 1.50 bits per heavy atom. The van der Waals surface area contributed by atoms with Crippen molar-refractivity contribution in [2.24, 2.45) is 0 Å². The molecular formula is C12H13BrO3. The highest BCUT2D eigenvalue weighted by Gasteiger charge is 2.30. The zero-order chi connectivity index (χ0) is 11.5. The van der Waals surface area contributed by atoms with Crippen molar-refractivity contribution in [3.63, 3.8) is 0 Å². The maximum atomic E-state index is 11.3. The minimum atomic E-state index is -0.212. The monoisotopic (exact) mass is 284 g/mol. The van der Waals surface area contributed by atoms with Crippen LogP contribution in [0.4, 0.5) is 0 Å². The molecule has 0 spiro atoms. The van der Waals surface area contributed by atoms with Crippen LogP contribution >= 0.6 is 15.9 Å². The molecule has 0 saturated carbocycles. The quantitative estimate of drug-likeness (QED) is 0.619. The van der Waals surface area contributed by atoms with Gasteiger partial charge in [0.1, 0.15) is 11.9 Å². The molecule has 0 bridgehead atoms. The van der Waals surface area contributed by atoms with Gasteiger partial charge in [0.05, 0.1) is 11.9 Å². The Morgan fingerprint density at radius 3 is 3.06 bits per heavy atom. The van der Waals surface area contributed by atoms with Gasteiger partial charge in [0.25, 0.3) is 0 Å². The summed E-state index contributed by atoms with van der Waals surface area (Å²) in [5.41, 5.74) is 0.967. The van der Waals surface area contributed by atoms with Crippen molar-refractivity contribution < 1.29 is 14.3 Å². The van der Waals surface area contributed by atoms with Crippen LogP contribution in [-0.4, -0.2) is 17.9 Å². The van der Waals surface area contributed by atoms with Crippen LogP contribution in [0.15, 0.2) is 24.3 Å². The molecule has 0 N–H and O–H groups in total. The van der Waals surface area contributed by atoms with Crippen LogP contribution in [0, 0.1) is 0 Å². The fraction of sp³-hybridized carbons (Fsp3) is 0.417. The number of hydrogen-bond acceptors (Lipinski definition) is 3. The van der Waals surface area contributed by atoms with E-state index in [1.165, 1.54) is 0 Å². The van der Waals surface area contributed by atoms with E-state index in [1.807, 2.05) is 24.3 Å². The molecule has 0 radical (unpaired) electrons. The van der Waals surface area contributed by atoms with Crippen LogP contribution in [-0.2, 0) is 9.53 Å². The Morgan fingerprint density at radius 2 is 2.31 bits per heavy atom. The van der Waals surface area contributed by atoms with Gasteiger partial charge in [0.15, 0.2) is 0 Å². The summed E-state index contributed by atoms with van der Waals surface area (Å²) < 4.78 is 10.5. The van der Waals surface area contributed by atoms with Gasteiger partial charge in [-0.15, -0.1) is 0 Å². The summed E-state index contributed by atoms with van der Waals surface area (Å²) >= 11 is 3.55. The Kier molecular flexibility index (Phi) is 3.49. The van der Waals surface area contributed by atoms with Crippen LogP contribution in [0.25, 0.3) is 0 Å². The molecule has 0 unspecified atom stereocenters. The smallest absolute Gasteiger partial charge is 0.306 e. The molecule has 1 aromatic rings. The number of hydrogen-bond donors (Lipinski definition) is 0. The highest BCUT2D eigenvalue weighted by atomic mass is 79.9. The molecule has 1 heterocycles. The molecule has 0 aliphatic carbocycles. The van der Waals surface area contributed by atoms with E-state index < -0.39 is 0 Å². The average molecular weight is 285 g/mol. The second kappa shape index (κ2) is 4.87. The number of rotatable bonds is 2. The molecular weight excluding hydrogens is 272 g/mol. The maximum absolute atomic E-state index is 11.3. The van der Waals surface area contributed by atoms with Gasteiger partial charge in [-0.25, -0.2) is 0 Å². The van der Waals surface area contributed by atoms with Crippen molar-refractivity contribution in [3.8, 4) is 5.75 Å². The fourth-order valence-corrected chi connectivity index (χ4v) is 2.42. The molecule has 3 nitrogen and oxygen atoms in total. The number of benzene rings is 1. The van der Waals surface area contributed by atoms with Crippen molar-refractivity contribution >= 4 is 21.9 Å². The van der Waals surface area contributed by atoms with Crippen molar-refractivity contribution in [1.82, 2.24) is 0 Å². The van der Waals surface area contributed by atoms with Gasteiger partial charge >= 0.3 is 5.97 Å². The number of carbonyl (C=O) groups is 1. The molecule has 2 rings (SSSR count). The van der Waals surface area contributed by atoms with E-state index in [1.54, 1.807) is 7.11 Å². The van der Waals surface area contributed by atoms with Gasteiger partial charge in [-0.2, -0.15) is 0 Å². The lowest BCUT2D eigenvalue weighted by Crippen LogP contribution is -2.26. The SMILES string of the molecule is COc1cccc([C@@H]2OC(=O)CC[C@H]2Br)c1. The normalized spacial score (nSPS) is 25.0. The molecule has 16 heavy (non-hydrogen) atoms. The maximum Gasteiger partial charge on any atom is 0.306 e. The van der Waals surface area contributed by atoms with Crippen LogP contribution in [0.2, 0.25) is 0 Å². The molecule has 86 valence electrons. The third-order valence-corrected chi connectivity index (χ3v) is 3.57. The van der Waals surface area contributed by atoms with Crippen LogP contribution in [0.1, 0.15) is 24.5 Å². The number of cyclic esters (lactones) is 1. The molecule has 0 aromatic heterocycles. The van der Waals surface area contributed by atoms with Crippen molar-refractivity contribution in [1.29, 1.82) is 0 Å². The number of esters is 1. The van der Waals surface area contributed by atoms with Crippen LogP contribution in [0.3, 0.4) is 0 Å². The van der Waals surface area contributed by atoms with Gasteiger partial charge in [-0.3, -0.25) is 4.79 Å². The lowest BCUT2D eigenvalue weighted by molar-refractivity contribution is -0.153. The summed E-state index contributed by atoms with van der Waals surface area (Å²) in [5, 5.41) is 0. The summed E-state index contributed by atoms with van der Waals surface area (Å²) in [7, 11) is 1.62. The summed E-state index contributed by atoms with van der Waals surface area (Å²) in [4.78, 5) is 11.5. The number of halogens is 1. The lowest BCUT2D eigenvalue weighted by atomic mass is 10.0. The number of methoxy groups -OCH3 is 1. The van der Waals surface area contributed by atoms with Crippen LogP contribution in [0.5, 0.6) is 5.75 Å². The van der Waals surface area contributed by atoms with E-state index in [-0.39, 0.29) is 16.9 Å². The van der Waals surface area contributed by atoms with E-state index in [2.05, 4.69) is 15.9 Å². The van der Waals surface area contributed by atoms with Gasteiger partial charge in [0.2, 0.25) is 0 Å². The lowest BCUT2D eigenvalue weighted by Gasteiger charge is -2.27. The molecule has 1 saturated heterocycles. The molecule has 2 atom stereocenters. The zero-order valence-corrected chi connectivity index (χ0v) is 10.6. The Balaban J connectivity index is 2.24. The van der Waals surface area contributed by atoms with Gasteiger partial charge in [-0.05, 0) is 24.1 Å². The van der Waals surface area contributed by atoms with Crippen molar-refractivity contribution in [3.05, 3.63) is 29.8 Å². The zero-order valence-electron chi connectivity index (χ0n) is 8.98. The molecule has 4 heteroatoms. The molecule has 0 amide bonds. The van der Waals surface area contributed by atoms with E-state index in [0.29, 0.717) is 6.42 Å². The summed E-state index contributed by atoms with van der Waals surface area (Å²) in [6, 6.07) is 7.62. The molecule has 1 aliphatic rings. The Bertz CT molecular complexity index is 392. The van der Waals surface area contributed by atoms with Gasteiger partial charge in [0, 0.05) is 6.42 Å². The summed E-state index contributed by atoms with van der Waals surface area (Å²) in [6.45, 7) is 0. The number of alkyl halides is 1. The summed E-state index contributed by atoms with van der Waals surface area (Å²) in [6.07, 6.45) is 1.08. The third-order valence-electron chi connectivity index (χ3n) is 2.63. The standard InChI is InChI=1S/C12H13BrO3/c1-15-9-4-2-3-8(7-9)12-10(13)5-6-11(14)16-12/h2-4,7,10,12H,5-6H2,1H3/t10-,12+/m1/s1. The predicted octanol–water partition coefficient (Wildman–Crippen LogP) is 2.84. The fourth-order valence-electron chi connectivity index (χ4n) is 1.78. The highest BCUT2D eigenvalue weighted by Crippen LogP contribution is 2.35. The van der Waals surface area contributed by atoms with Crippen molar-refractivity contribution in [2.75, 3.05) is 7.11 Å². The van der Waals surface area contributed by atoms with E-state index in [9.17, 15) is 4.79 Å². The van der Waals surface area contributed by atoms with Crippen molar-refractivity contribution in [2.45, 2.75) is 23.8 Å². The van der Waals surface area contributed by atoms with E-state index >= 15 is 0 Å². The Labute approximate surface area is 103 Å². The minimum absolute atomic E-state index is 0.136. The number of carbonyl (C=O) groups excluding carboxylic acids is 1. The summed E-state index contributed by atoms with van der Waals surface area (Å²) in [5.74, 6) is 0.641.